The smallest absolute Gasteiger partial charge is 0.273 e. The van der Waals surface area contributed by atoms with E-state index in [2.05, 4.69) is 31.8 Å². The number of hydrazone groups is 1. The Kier molecular flexibility index (Phi) is 6.57. The van der Waals surface area contributed by atoms with Crippen molar-refractivity contribution in [3.8, 4) is 0 Å². The molecule has 0 unspecified atom stereocenters. The van der Waals surface area contributed by atoms with Gasteiger partial charge in [-0.1, -0.05) is 54.1 Å². The van der Waals surface area contributed by atoms with E-state index in [-0.39, 0.29) is 5.91 Å². The van der Waals surface area contributed by atoms with Gasteiger partial charge in [0.25, 0.3) is 11.8 Å². The predicted octanol–water partition coefficient (Wildman–Crippen LogP) is 5.12. The van der Waals surface area contributed by atoms with Crippen molar-refractivity contribution < 1.29 is 9.59 Å². The van der Waals surface area contributed by atoms with Crippen molar-refractivity contribution in [3.63, 3.8) is 0 Å². The Balaban J connectivity index is 1.74. The molecule has 28 heavy (non-hydrogen) atoms. The van der Waals surface area contributed by atoms with Crippen LogP contribution < -0.4 is 10.7 Å². The maximum absolute atomic E-state index is 12.5. The first-order valence-electron chi connectivity index (χ1n) is 8.29. The zero-order valence-electron chi connectivity index (χ0n) is 14.5. The molecule has 0 aliphatic heterocycles. The van der Waals surface area contributed by atoms with E-state index in [0.717, 1.165) is 0 Å². The van der Waals surface area contributed by atoms with Crippen molar-refractivity contribution in [1.82, 2.24) is 5.43 Å². The number of halogens is 2. The third-order valence-electron chi connectivity index (χ3n) is 3.81. The fourth-order valence-corrected chi connectivity index (χ4v) is 3.07. The second kappa shape index (κ2) is 9.30. The lowest BCUT2D eigenvalue weighted by molar-refractivity contribution is 0.0956. The number of benzene rings is 3. The summed E-state index contributed by atoms with van der Waals surface area (Å²) in [6, 6.07) is 20.9. The van der Waals surface area contributed by atoms with Gasteiger partial charge in [-0.3, -0.25) is 9.59 Å². The fourth-order valence-electron chi connectivity index (χ4n) is 2.43. The molecule has 3 rings (SSSR count). The summed E-state index contributed by atoms with van der Waals surface area (Å²) in [7, 11) is 0. The molecule has 0 spiro atoms. The highest BCUT2D eigenvalue weighted by atomic mass is 79.9. The van der Waals surface area contributed by atoms with Crippen LogP contribution in [0.5, 0.6) is 0 Å². The molecule has 0 saturated carbocycles. The molecule has 7 heteroatoms. The first kappa shape index (κ1) is 19.8. The summed E-state index contributed by atoms with van der Waals surface area (Å²) in [5.74, 6) is -0.779. The molecule has 0 aliphatic rings. The number of hydrogen-bond donors (Lipinski definition) is 2. The summed E-state index contributed by atoms with van der Waals surface area (Å²) < 4.78 is 0.666. The Hall–Kier alpha value is -2.96. The van der Waals surface area contributed by atoms with Gasteiger partial charge in [-0.2, -0.15) is 5.10 Å². The summed E-state index contributed by atoms with van der Waals surface area (Å²) in [5.41, 5.74) is 4.27. The van der Waals surface area contributed by atoms with Gasteiger partial charge in [-0.15, -0.1) is 0 Å². The number of amides is 2. The minimum Gasteiger partial charge on any atom is -0.321 e. The van der Waals surface area contributed by atoms with Crippen molar-refractivity contribution in [2.75, 3.05) is 5.32 Å². The van der Waals surface area contributed by atoms with E-state index in [1.54, 1.807) is 54.6 Å². The number of rotatable bonds is 5. The summed E-state index contributed by atoms with van der Waals surface area (Å²) in [6.07, 6.45) is 1.46. The number of para-hydroxylation sites is 1. The van der Waals surface area contributed by atoms with Crippen LogP contribution in [-0.4, -0.2) is 18.0 Å². The van der Waals surface area contributed by atoms with Crippen LogP contribution in [0.25, 0.3) is 0 Å². The lowest BCUT2D eigenvalue weighted by Crippen LogP contribution is -2.21. The largest absolute Gasteiger partial charge is 0.321 e. The van der Waals surface area contributed by atoms with Gasteiger partial charge in [-0.25, -0.2) is 5.43 Å². The molecule has 0 radical (unpaired) electrons. The normalized spacial score (nSPS) is 10.6. The van der Waals surface area contributed by atoms with Crippen LogP contribution in [0.2, 0.25) is 5.02 Å². The standard InChI is InChI=1S/C21H15BrClN3O2/c22-17-10-4-2-8-15(17)20(27)25-19-12-6-3-9-16(19)21(28)26-24-13-14-7-1-5-11-18(14)23/h1-13H,(H,25,27)(H,26,28)/b24-13+. The highest BCUT2D eigenvalue weighted by molar-refractivity contribution is 9.10. The van der Waals surface area contributed by atoms with Crippen molar-refractivity contribution in [3.05, 3.63) is 99.0 Å². The molecule has 0 aliphatic carbocycles. The molecule has 3 aromatic carbocycles. The number of carbonyl (C=O) groups excluding carboxylic acids is 2. The summed E-state index contributed by atoms with van der Waals surface area (Å²) in [5, 5.41) is 7.23. The second-order valence-electron chi connectivity index (χ2n) is 5.70. The monoisotopic (exact) mass is 455 g/mol. The van der Waals surface area contributed by atoms with E-state index in [4.69, 9.17) is 11.6 Å². The van der Waals surface area contributed by atoms with Crippen LogP contribution in [0, 0.1) is 0 Å². The molecule has 0 heterocycles. The molecule has 2 N–H and O–H groups in total. The van der Waals surface area contributed by atoms with E-state index in [1.807, 2.05) is 18.2 Å². The Morgan fingerprint density at radius 2 is 1.50 bits per heavy atom. The highest BCUT2D eigenvalue weighted by Crippen LogP contribution is 2.20. The van der Waals surface area contributed by atoms with Crippen LogP contribution in [0.4, 0.5) is 5.69 Å². The average Bonchev–Trinajstić information content (AvgIpc) is 2.70. The second-order valence-corrected chi connectivity index (χ2v) is 6.96. The van der Waals surface area contributed by atoms with E-state index >= 15 is 0 Å². The van der Waals surface area contributed by atoms with Crippen LogP contribution in [-0.2, 0) is 0 Å². The molecular formula is C21H15BrClN3O2. The Labute approximate surface area is 175 Å². The van der Waals surface area contributed by atoms with Crippen LogP contribution >= 0.6 is 27.5 Å². The number of anilines is 1. The van der Waals surface area contributed by atoms with Crippen molar-refractivity contribution in [2.45, 2.75) is 0 Å². The van der Waals surface area contributed by atoms with Gasteiger partial charge in [0.1, 0.15) is 0 Å². The maximum atomic E-state index is 12.5. The van der Waals surface area contributed by atoms with Crippen molar-refractivity contribution in [1.29, 1.82) is 0 Å². The van der Waals surface area contributed by atoms with Crippen LogP contribution in [0.15, 0.2) is 82.4 Å². The Morgan fingerprint density at radius 3 is 2.25 bits per heavy atom. The number of hydrogen-bond acceptors (Lipinski definition) is 3. The van der Waals surface area contributed by atoms with Crippen LogP contribution in [0.1, 0.15) is 26.3 Å². The summed E-state index contributed by atoms with van der Waals surface area (Å²) >= 11 is 9.40. The summed E-state index contributed by atoms with van der Waals surface area (Å²) in [4.78, 5) is 25.0. The average molecular weight is 457 g/mol. The van der Waals surface area contributed by atoms with Crippen molar-refractivity contribution in [2.24, 2.45) is 5.10 Å². The van der Waals surface area contributed by atoms with Crippen molar-refractivity contribution >= 4 is 51.2 Å². The van der Waals surface area contributed by atoms with Gasteiger partial charge in [0, 0.05) is 15.1 Å². The SMILES string of the molecule is O=C(Nc1ccccc1C(=O)N/N=C/c1ccccc1Cl)c1ccccc1Br. The van der Waals surface area contributed by atoms with Gasteiger partial charge in [0.15, 0.2) is 0 Å². The minimum atomic E-state index is -0.452. The van der Waals surface area contributed by atoms with E-state index < -0.39 is 5.91 Å². The third-order valence-corrected chi connectivity index (χ3v) is 4.85. The quantitative estimate of drug-likeness (QED) is 0.413. The molecule has 0 atom stereocenters. The number of nitrogens with zero attached hydrogens (tertiary/aromatic N) is 1. The van der Waals surface area contributed by atoms with Gasteiger partial charge in [0.05, 0.1) is 23.0 Å². The fraction of sp³-hybridized carbons (Fsp3) is 0. The zero-order valence-corrected chi connectivity index (χ0v) is 16.9. The van der Waals surface area contributed by atoms with Gasteiger partial charge in [-0.05, 0) is 46.3 Å². The first-order valence-corrected chi connectivity index (χ1v) is 9.46. The minimum absolute atomic E-state index is 0.291. The Bertz CT molecular complexity index is 1050. The number of nitrogens with one attached hydrogen (secondary N) is 2. The zero-order chi connectivity index (χ0) is 19.9. The molecule has 3 aromatic rings. The molecular weight excluding hydrogens is 442 g/mol. The lowest BCUT2D eigenvalue weighted by Gasteiger charge is -2.10. The van der Waals surface area contributed by atoms with E-state index in [1.165, 1.54) is 6.21 Å². The molecule has 0 aromatic heterocycles. The van der Waals surface area contributed by atoms with Crippen LogP contribution in [0.3, 0.4) is 0 Å². The Morgan fingerprint density at radius 1 is 0.857 bits per heavy atom. The van der Waals surface area contributed by atoms with Gasteiger partial charge >= 0.3 is 0 Å². The third kappa shape index (κ3) is 4.85. The molecule has 5 nitrogen and oxygen atoms in total. The summed E-state index contributed by atoms with van der Waals surface area (Å²) in [6.45, 7) is 0. The lowest BCUT2D eigenvalue weighted by atomic mass is 10.1. The van der Waals surface area contributed by atoms with Gasteiger partial charge < -0.3 is 5.32 Å². The topological polar surface area (TPSA) is 70.6 Å². The molecule has 0 saturated heterocycles. The van der Waals surface area contributed by atoms with E-state index in [0.29, 0.717) is 31.9 Å². The molecule has 0 fully saturated rings. The highest BCUT2D eigenvalue weighted by Gasteiger charge is 2.15. The molecule has 2 amide bonds. The maximum Gasteiger partial charge on any atom is 0.273 e. The number of carbonyl (C=O) groups is 2. The predicted molar refractivity (Wildman–Crippen MR) is 115 cm³/mol. The van der Waals surface area contributed by atoms with Gasteiger partial charge in [0.2, 0.25) is 0 Å². The van der Waals surface area contributed by atoms with E-state index in [9.17, 15) is 9.59 Å². The first-order chi connectivity index (χ1) is 13.6. The molecule has 0 bridgehead atoms. The molecule has 140 valence electrons.